The van der Waals surface area contributed by atoms with E-state index in [2.05, 4.69) is 0 Å². The van der Waals surface area contributed by atoms with Crippen LogP contribution < -0.4 is 4.74 Å². The van der Waals surface area contributed by atoms with Crippen LogP contribution in [0.5, 0.6) is 11.5 Å². The highest BCUT2D eigenvalue weighted by atomic mass is 19.1. The van der Waals surface area contributed by atoms with E-state index in [9.17, 15) is 14.3 Å². The number of ether oxygens (including phenoxy) is 1. The van der Waals surface area contributed by atoms with Gasteiger partial charge in [-0.05, 0) is 42.8 Å². The molecule has 3 rings (SSSR count). The summed E-state index contributed by atoms with van der Waals surface area (Å²) in [5.74, 6) is 0.0468. The van der Waals surface area contributed by atoms with Crippen LogP contribution in [0.2, 0.25) is 0 Å². The molecule has 0 saturated heterocycles. The number of carbonyl (C=O) groups is 1. The van der Waals surface area contributed by atoms with Crippen LogP contribution in [0, 0.1) is 12.7 Å². The molecule has 1 aliphatic heterocycles. The first kappa shape index (κ1) is 12.4. The number of hydrogen-bond donors (Lipinski definition) is 1. The van der Waals surface area contributed by atoms with Crippen LogP contribution in [0.3, 0.4) is 0 Å². The normalized spacial score (nSPS) is 15.3. The fourth-order valence-corrected chi connectivity index (χ4v) is 2.09. The van der Waals surface area contributed by atoms with E-state index < -0.39 is 0 Å². The molecule has 20 heavy (non-hydrogen) atoms. The minimum atomic E-state index is -0.338. The quantitative estimate of drug-likeness (QED) is 0.807. The highest BCUT2D eigenvalue weighted by Gasteiger charge is 2.29. The summed E-state index contributed by atoms with van der Waals surface area (Å²) in [5.41, 5.74) is 1.62. The lowest BCUT2D eigenvalue weighted by atomic mass is 10.1. The monoisotopic (exact) mass is 270 g/mol. The van der Waals surface area contributed by atoms with Crippen LogP contribution in [0.15, 0.2) is 42.2 Å². The van der Waals surface area contributed by atoms with Crippen molar-refractivity contribution in [3.05, 3.63) is 64.7 Å². The second-order valence-corrected chi connectivity index (χ2v) is 4.58. The van der Waals surface area contributed by atoms with E-state index in [1.165, 1.54) is 24.3 Å². The van der Waals surface area contributed by atoms with Crippen molar-refractivity contribution in [3.8, 4) is 11.5 Å². The molecule has 0 spiro atoms. The van der Waals surface area contributed by atoms with E-state index in [4.69, 9.17) is 4.74 Å². The maximum Gasteiger partial charge on any atom is 0.231 e. The molecule has 0 unspecified atom stereocenters. The van der Waals surface area contributed by atoms with Crippen molar-refractivity contribution in [2.75, 3.05) is 0 Å². The van der Waals surface area contributed by atoms with E-state index in [0.717, 1.165) is 0 Å². The van der Waals surface area contributed by atoms with Gasteiger partial charge in [0.05, 0.1) is 5.56 Å². The molecule has 0 fully saturated rings. The van der Waals surface area contributed by atoms with Gasteiger partial charge in [-0.1, -0.05) is 12.1 Å². The summed E-state index contributed by atoms with van der Waals surface area (Å²) < 4.78 is 18.4. The van der Waals surface area contributed by atoms with Crippen LogP contribution in [0.1, 0.15) is 21.5 Å². The largest absolute Gasteiger partial charge is 0.508 e. The van der Waals surface area contributed by atoms with Gasteiger partial charge in [0.25, 0.3) is 0 Å². The molecule has 0 aliphatic carbocycles. The Balaban J connectivity index is 2.01. The standard InChI is InChI=1S/C16H11FO3/c1-9-13(18)7-6-12-15(19)14(20-16(9)12)8-10-2-4-11(17)5-3-10/h2-8,18H,1H3/b14-8-. The Morgan fingerprint density at radius 2 is 1.85 bits per heavy atom. The maximum absolute atomic E-state index is 12.8. The Labute approximate surface area is 114 Å². The number of ketones is 1. The van der Waals surface area contributed by atoms with E-state index in [1.807, 2.05) is 0 Å². The topological polar surface area (TPSA) is 46.5 Å². The van der Waals surface area contributed by atoms with Gasteiger partial charge in [-0.2, -0.15) is 0 Å². The summed E-state index contributed by atoms with van der Waals surface area (Å²) >= 11 is 0. The van der Waals surface area contributed by atoms with Gasteiger partial charge in [0, 0.05) is 5.56 Å². The fourth-order valence-electron chi connectivity index (χ4n) is 2.09. The number of rotatable bonds is 1. The number of phenolic OH excluding ortho intramolecular Hbond substituents is 1. The third-order valence-corrected chi connectivity index (χ3v) is 3.23. The summed E-state index contributed by atoms with van der Waals surface area (Å²) in [6.45, 7) is 1.68. The summed E-state index contributed by atoms with van der Waals surface area (Å²) in [6, 6.07) is 8.76. The Hall–Kier alpha value is -2.62. The van der Waals surface area contributed by atoms with Crippen molar-refractivity contribution >= 4 is 11.9 Å². The predicted molar refractivity (Wildman–Crippen MR) is 72.2 cm³/mol. The molecular weight excluding hydrogens is 259 g/mol. The third-order valence-electron chi connectivity index (χ3n) is 3.23. The van der Waals surface area contributed by atoms with Gasteiger partial charge in [0.2, 0.25) is 5.78 Å². The van der Waals surface area contributed by atoms with Crippen molar-refractivity contribution in [2.45, 2.75) is 6.92 Å². The predicted octanol–water partition coefficient (Wildman–Crippen LogP) is 3.46. The molecule has 4 heteroatoms. The molecule has 0 amide bonds. The van der Waals surface area contributed by atoms with Crippen molar-refractivity contribution in [1.82, 2.24) is 0 Å². The Morgan fingerprint density at radius 3 is 2.55 bits per heavy atom. The third kappa shape index (κ3) is 1.95. The molecular formula is C16H11FO3. The van der Waals surface area contributed by atoms with Crippen molar-refractivity contribution in [3.63, 3.8) is 0 Å². The molecule has 3 nitrogen and oxygen atoms in total. The summed E-state index contributed by atoms with van der Waals surface area (Å²) in [5, 5.41) is 9.62. The van der Waals surface area contributed by atoms with Gasteiger partial charge < -0.3 is 9.84 Å². The van der Waals surface area contributed by atoms with E-state index in [0.29, 0.717) is 22.4 Å². The first-order valence-corrected chi connectivity index (χ1v) is 6.08. The number of allylic oxidation sites excluding steroid dienone is 1. The maximum atomic E-state index is 12.8. The first-order chi connectivity index (χ1) is 9.56. The molecule has 2 aromatic carbocycles. The van der Waals surface area contributed by atoms with Crippen LogP contribution in [0.25, 0.3) is 6.08 Å². The molecule has 0 atom stereocenters. The molecule has 0 aromatic heterocycles. The van der Waals surface area contributed by atoms with Crippen LogP contribution in [-0.2, 0) is 0 Å². The minimum absolute atomic E-state index is 0.0829. The number of phenols is 1. The smallest absolute Gasteiger partial charge is 0.231 e. The summed E-state index contributed by atoms with van der Waals surface area (Å²) in [6.07, 6.45) is 1.55. The van der Waals surface area contributed by atoms with Gasteiger partial charge in [0.1, 0.15) is 17.3 Å². The van der Waals surface area contributed by atoms with E-state index >= 15 is 0 Å². The number of Topliss-reactive ketones (excluding diaryl/α,β-unsaturated/α-hetero) is 1. The molecule has 0 saturated carbocycles. The molecule has 1 heterocycles. The summed E-state index contributed by atoms with van der Waals surface area (Å²) in [7, 11) is 0. The highest BCUT2D eigenvalue weighted by molar-refractivity contribution is 6.14. The van der Waals surface area contributed by atoms with Crippen molar-refractivity contribution in [2.24, 2.45) is 0 Å². The molecule has 0 radical (unpaired) electrons. The second kappa shape index (κ2) is 4.49. The number of aromatic hydroxyl groups is 1. The Morgan fingerprint density at radius 1 is 1.15 bits per heavy atom. The lowest BCUT2D eigenvalue weighted by Gasteiger charge is -2.03. The van der Waals surface area contributed by atoms with Crippen LogP contribution in [-0.4, -0.2) is 10.9 Å². The van der Waals surface area contributed by atoms with Crippen molar-refractivity contribution < 1.29 is 19.0 Å². The van der Waals surface area contributed by atoms with Crippen molar-refractivity contribution in [1.29, 1.82) is 0 Å². The Bertz CT molecular complexity index is 730. The zero-order valence-electron chi connectivity index (χ0n) is 10.7. The zero-order valence-corrected chi connectivity index (χ0v) is 10.7. The van der Waals surface area contributed by atoms with Gasteiger partial charge in [-0.3, -0.25) is 4.79 Å². The molecule has 100 valence electrons. The molecule has 0 bridgehead atoms. The first-order valence-electron chi connectivity index (χ1n) is 6.08. The minimum Gasteiger partial charge on any atom is -0.508 e. The van der Waals surface area contributed by atoms with E-state index in [1.54, 1.807) is 25.1 Å². The average molecular weight is 270 g/mol. The molecule has 1 N–H and O–H groups in total. The van der Waals surface area contributed by atoms with Gasteiger partial charge in [-0.25, -0.2) is 4.39 Å². The number of hydrogen-bond acceptors (Lipinski definition) is 3. The van der Waals surface area contributed by atoms with E-state index in [-0.39, 0.29) is 23.1 Å². The number of benzene rings is 2. The fraction of sp³-hybridized carbons (Fsp3) is 0.0625. The van der Waals surface area contributed by atoms with Crippen LogP contribution >= 0.6 is 0 Å². The highest BCUT2D eigenvalue weighted by Crippen LogP contribution is 2.38. The van der Waals surface area contributed by atoms with Crippen LogP contribution in [0.4, 0.5) is 4.39 Å². The van der Waals surface area contributed by atoms with Gasteiger partial charge in [-0.15, -0.1) is 0 Å². The zero-order chi connectivity index (χ0) is 14.3. The number of fused-ring (bicyclic) bond motifs is 1. The Kier molecular flexibility index (Phi) is 2.79. The lowest BCUT2D eigenvalue weighted by Crippen LogP contribution is -1.97. The molecule has 2 aromatic rings. The van der Waals surface area contributed by atoms with Gasteiger partial charge in [0.15, 0.2) is 5.76 Å². The number of halogens is 1. The summed E-state index contributed by atoms with van der Waals surface area (Å²) in [4.78, 5) is 12.2. The SMILES string of the molecule is Cc1c(O)ccc2c1O/C(=C\c1ccc(F)cc1)C2=O. The lowest BCUT2D eigenvalue weighted by molar-refractivity contribution is 0.101. The number of carbonyl (C=O) groups excluding carboxylic acids is 1. The second-order valence-electron chi connectivity index (χ2n) is 4.58. The average Bonchev–Trinajstić information content (AvgIpc) is 2.75. The van der Waals surface area contributed by atoms with Gasteiger partial charge >= 0.3 is 0 Å². The molecule has 1 aliphatic rings.